The van der Waals surface area contributed by atoms with Gasteiger partial charge < -0.3 is 15.5 Å². The van der Waals surface area contributed by atoms with E-state index in [0.29, 0.717) is 5.82 Å². The lowest BCUT2D eigenvalue weighted by atomic mass is 10.3. The zero-order chi connectivity index (χ0) is 16.2. The van der Waals surface area contributed by atoms with Crippen LogP contribution in [0.3, 0.4) is 0 Å². The number of pyridine rings is 1. The Morgan fingerprint density at radius 3 is 2.70 bits per heavy atom. The largest absolute Gasteiger partial charge is 0.368 e. The van der Waals surface area contributed by atoms with E-state index >= 15 is 0 Å². The average Bonchev–Trinajstić information content (AvgIpc) is 3.07. The molecule has 0 bridgehead atoms. The Morgan fingerprint density at radius 2 is 2.09 bits per heavy atom. The predicted octanol–water partition coefficient (Wildman–Crippen LogP) is 1.71. The summed E-state index contributed by atoms with van der Waals surface area (Å²) in [6, 6.07) is 6.40. The number of rotatable bonds is 4. The Morgan fingerprint density at radius 1 is 1.30 bits per heavy atom. The van der Waals surface area contributed by atoms with Crippen molar-refractivity contribution in [2.75, 3.05) is 36.4 Å². The Balaban J connectivity index is 1.65. The molecule has 2 aromatic heterocycles. The van der Waals surface area contributed by atoms with E-state index in [9.17, 15) is 14.9 Å². The summed E-state index contributed by atoms with van der Waals surface area (Å²) < 4.78 is 0. The number of hydrogen-bond acceptors (Lipinski definition) is 7. The van der Waals surface area contributed by atoms with Crippen LogP contribution in [-0.2, 0) is 0 Å². The standard InChI is InChI=1S/C14H15N5O3S/c20-14(11-2-4-13(23-11)19(21)22)17-12-3-1-10(9-16-12)18-7-5-15-6-8-18/h1-4,9,15H,5-8H2,(H,16,17,20). The first-order chi connectivity index (χ1) is 11.1. The molecule has 0 saturated carbocycles. The summed E-state index contributed by atoms with van der Waals surface area (Å²) in [5.74, 6) is 0.0236. The maximum Gasteiger partial charge on any atom is 0.324 e. The number of thiophene rings is 1. The highest BCUT2D eigenvalue weighted by Gasteiger charge is 2.16. The molecule has 1 saturated heterocycles. The predicted molar refractivity (Wildman–Crippen MR) is 88.2 cm³/mol. The summed E-state index contributed by atoms with van der Waals surface area (Å²) in [4.78, 5) is 28.9. The molecule has 120 valence electrons. The van der Waals surface area contributed by atoms with Crippen LogP contribution in [0, 0.1) is 10.1 Å². The number of carbonyl (C=O) groups is 1. The summed E-state index contributed by atoms with van der Waals surface area (Å²) >= 11 is 0.840. The number of anilines is 2. The summed E-state index contributed by atoms with van der Waals surface area (Å²) in [5.41, 5.74) is 1.01. The van der Waals surface area contributed by atoms with Crippen molar-refractivity contribution in [3.63, 3.8) is 0 Å². The fraction of sp³-hybridized carbons (Fsp3) is 0.286. The van der Waals surface area contributed by atoms with Crippen molar-refractivity contribution >= 4 is 33.8 Å². The summed E-state index contributed by atoms with van der Waals surface area (Å²) in [5, 5.41) is 16.5. The van der Waals surface area contributed by atoms with Crippen LogP contribution in [-0.4, -0.2) is 42.0 Å². The first kappa shape index (κ1) is 15.4. The third kappa shape index (κ3) is 3.63. The number of aromatic nitrogens is 1. The number of nitrogens with zero attached hydrogens (tertiary/aromatic N) is 3. The molecule has 0 aromatic carbocycles. The molecule has 0 radical (unpaired) electrons. The highest BCUT2D eigenvalue weighted by molar-refractivity contribution is 7.17. The van der Waals surface area contributed by atoms with Crippen molar-refractivity contribution in [3.05, 3.63) is 45.5 Å². The monoisotopic (exact) mass is 333 g/mol. The second-order valence-electron chi connectivity index (χ2n) is 4.99. The minimum absolute atomic E-state index is 0.0582. The quantitative estimate of drug-likeness (QED) is 0.652. The van der Waals surface area contributed by atoms with Crippen LogP contribution in [0.1, 0.15) is 9.67 Å². The number of hydrogen-bond donors (Lipinski definition) is 2. The van der Waals surface area contributed by atoms with E-state index < -0.39 is 10.8 Å². The number of nitro groups is 1. The van der Waals surface area contributed by atoms with Crippen molar-refractivity contribution in [3.8, 4) is 0 Å². The molecule has 1 aliphatic heterocycles. The third-order valence-electron chi connectivity index (χ3n) is 3.47. The van der Waals surface area contributed by atoms with Crippen molar-refractivity contribution < 1.29 is 9.72 Å². The summed E-state index contributed by atoms with van der Waals surface area (Å²) in [6.45, 7) is 3.73. The first-order valence-corrected chi connectivity index (χ1v) is 7.92. The Hall–Kier alpha value is -2.52. The minimum atomic E-state index is -0.512. The molecule has 3 heterocycles. The van der Waals surface area contributed by atoms with Gasteiger partial charge in [0.25, 0.3) is 5.91 Å². The minimum Gasteiger partial charge on any atom is -0.368 e. The molecular formula is C14H15N5O3S. The molecular weight excluding hydrogens is 318 g/mol. The van der Waals surface area contributed by atoms with Gasteiger partial charge in [0.1, 0.15) is 5.82 Å². The van der Waals surface area contributed by atoms with E-state index in [0.717, 1.165) is 43.2 Å². The first-order valence-electron chi connectivity index (χ1n) is 7.11. The van der Waals surface area contributed by atoms with E-state index in [1.54, 1.807) is 12.3 Å². The Bertz CT molecular complexity index is 709. The zero-order valence-corrected chi connectivity index (χ0v) is 13.0. The third-order valence-corrected chi connectivity index (χ3v) is 4.50. The van der Waals surface area contributed by atoms with Crippen molar-refractivity contribution in [1.82, 2.24) is 10.3 Å². The van der Waals surface area contributed by atoms with Gasteiger partial charge in [-0.2, -0.15) is 0 Å². The van der Waals surface area contributed by atoms with Gasteiger partial charge in [0.05, 0.1) is 21.7 Å². The molecule has 0 atom stereocenters. The highest BCUT2D eigenvalue weighted by Crippen LogP contribution is 2.24. The second-order valence-corrected chi connectivity index (χ2v) is 6.05. The van der Waals surface area contributed by atoms with E-state index in [1.165, 1.54) is 12.1 Å². The zero-order valence-electron chi connectivity index (χ0n) is 12.2. The SMILES string of the molecule is O=C(Nc1ccc(N2CCNCC2)cn1)c1ccc([N+](=O)[O-])s1. The molecule has 9 heteroatoms. The molecule has 0 spiro atoms. The molecule has 8 nitrogen and oxygen atoms in total. The lowest BCUT2D eigenvalue weighted by Gasteiger charge is -2.29. The van der Waals surface area contributed by atoms with Gasteiger partial charge in [-0.25, -0.2) is 4.98 Å². The number of piperazine rings is 1. The smallest absolute Gasteiger partial charge is 0.324 e. The van der Waals surface area contributed by atoms with Crippen LogP contribution in [0.5, 0.6) is 0 Å². The average molecular weight is 333 g/mol. The van der Waals surface area contributed by atoms with Crippen LogP contribution < -0.4 is 15.5 Å². The second kappa shape index (κ2) is 6.71. The fourth-order valence-electron chi connectivity index (χ4n) is 2.30. The molecule has 3 rings (SSSR count). The topological polar surface area (TPSA) is 100 Å². The highest BCUT2D eigenvalue weighted by atomic mass is 32.1. The van der Waals surface area contributed by atoms with Crippen molar-refractivity contribution in [2.45, 2.75) is 0 Å². The van der Waals surface area contributed by atoms with Gasteiger partial charge in [0, 0.05) is 32.2 Å². The lowest BCUT2D eigenvalue weighted by molar-refractivity contribution is -0.380. The van der Waals surface area contributed by atoms with E-state index in [-0.39, 0.29) is 9.88 Å². The molecule has 2 N–H and O–H groups in total. The van der Waals surface area contributed by atoms with E-state index in [4.69, 9.17) is 0 Å². The molecule has 2 aromatic rings. The van der Waals surface area contributed by atoms with E-state index in [2.05, 4.69) is 20.5 Å². The van der Waals surface area contributed by atoms with Crippen molar-refractivity contribution in [2.24, 2.45) is 0 Å². The van der Waals surface area contributed by atoms with Gasteiger partial charge in [-0.1, -0.05) is 11.3 Å². The van der Waals surface area contributed by atoms with Gasteiger partial charge in [-0.3, -0.25) is 14.9 Å². The molecule has 0 aliphatic carbocycles. The van der Waals surface area contributed by atoms with Crippen LogP contribution in [0.15, 0.2) is 30.5 Å². The summed E-state index contributed by atoms with van der Waals surface area (Å²) in [7, 11) is 0. The number of amides is 1. The Kier molecular flexibility index (Phi) is 4.49. The van der Waals surface area contributed by atoms with Gasteiger partial charge in [0.2, 0.25) is 0 Å². The molecule has 0 unspecified atom stereocenters. The number of carbonyl (C=O) groups excluding carboxylic acids is 1. The van der Waals surface area contributed by atoms with Crippen LogP contribution in [0.2, 0.25) is 0 Å². The molecule has 23 heavy (non-hydrogen) atoms. The van der Waals surface area contributed by atoms with E-state index in [1.807, 2.05) is 6.07 Å². The molecule has 1 fully saturated rings. The van der Waals surface area contributed by atoms with Crippen LogP contribution in [0.25, 0.3) is 0 Å². The number of nitrogens with one attached hydrogen (secondary N) is 2. The fourth-order valence-corrected chi connectivity index (χ4v) is 3.01. The Labute approximate surface area is 136 Å². The molecule has 1 aliphatic rings. The normalized spacial score (nSPS) is 14.5. The van der Waals surface area contributed by atoms with Gasteiger partial charge in [0.15, 0.2) is 0 Å². The van der Waals surface area contributed by atoms with Crippen LogP contribution >= 0.6 is 11.3 Å². The van der Waals surface area contributed by atoms with Crippen molar-refractivity contribution in [1.29, 1.82) is 0 Å². The van der Waals surface area contributed by atoms with Gasteiger partial charge in [-0.05, 0) is 18.2 Å². The maximum absolute atomic E-state index is 12.1. The van der Waals surface area contributed by atoms with Gasteiger partial charge in [-0.15, -0.1) is 0 Å². The van der Waals surface area contributed by atoms with Crippen LogP contribution in [0.4, 0.5) is 16.5 Å². The van der Waals surface area contributed by atoms with Gasteiger partial charge >= 0.3 is 5.00 Å². The maximum atomic E-state index is 12.1. The molecule has 1 amide bonds. The summed E-state index contributed by atoms with van der Waals surface area (Å²) in [6.07, 6.45) is 1.72. The lowest BCUT2D eigenvalue weighted by Crippen LogP contribution is -2.43.